The van der Waals surface area contributed by atoms with Crippen LogP contribution in [0.25, 0.3) is 5.57 Å². The fraction of sp³-hybridized carbons (Fsp3) is 0.312. The number of carbonyl (C=O) groups excluding carboxylic acids is 1. The first-order valence-electron chi connectivity index (χ1n) is 6.23. The third kappa shape index (κ3) is 1.78. The Labute approximate surface area is 108 Å². The highest BCUT2D eigenvalue weighted by Crippen LogP contribution is 2.61. The molecule has 1 atom stereocenters. The summed E-state index contributed by atoms with van der Waals surface area (Å²) in [5.41, 5.74) is 2.75. The molecule has 18 heavy (non-hydrogen) atoms. The summed E-state index contributed by atoms with van der Waals surface area (Å²) >= 11 is 0. The lowest BCUT2D eigenvalue weighted by molar-refractivity contribution is -0.148. The van der Waals surface area contributed by atoms with Gasteiger partial charge in [-0.05, 0) is 37.0 Å². The minimum atomic E-state index is -0.556. The van der Waals surface area contributed by atoms with E-state index < -0.39 is 5.41 Å². The minimum absolute atomic E-state index is 0.152. The predicted molar refractivity (Wildman–Crippen MR) is 72.9 cm³/mol. The van der Waals surface area contributed by atoms with Crippen LogP contribution in [0.3, 0.4) is 0 Å². The fourth-order valence-electron chi connectivity index (χ4n) is 2.59. The van der Waals surface area contributed by atoms with Gasteiger partial charge in [0, 0.05) is 0 Å². The number of ether oxygens (including phenoxy) is 1. The second kappa shape index (κ2) is 4.81. The SMILES string of the molecule is C=CCC1(C(=O)OCC)C(C)=C1c1ccccc1. The highest BCUT2D eigenvalue weighted by atomic mass is 16.5. The van der Waals surface area contributed by atoms with Gasteiger partial charge in [0.2, 0.25) is 0 Å². The molecule has 1 aliphatic carbocycles. The van der Waals surface area contributed by atoms with Crippen LogP contribution in [0.2, 0.25) is 0 Å². The van der Waals surface area contributed by atoms with Crippen molar-refractivity contribution in [2.45, 2.75) is 20.3 Å². The third-order valence-corrected chi connectivity index (χ3v) is 3.52. The van der Waals surface area contributed by atoms with E-state index in [-0.39, 0.29) is 5.97 Å². The number of esters is 1. The van der Waals surface area contributed by atoms with Crippen LogP contribution < -0.4 is 0 Å². The average Bonchev–Trinajstić information content (AvgIpc) is 2.97. The summed E-state index contributed by atoms with van der Waals surface area (Å²) in [5, 5.41) is 0. The molecule has 2 heteroatoms. The van der Waals surface area contributed by atoms with Crippen molar-refractivity contribution in [1.29, 1.82) is 0 Å². The van der Waals surface area contributed by atoms with E-state index in [1.807, 2.05) is 44.2 Å². The molecule has 94 valence electrons. The maximum Gasteiger partial charge on any atom is 0.321 e. The smallest absolute Gasteiger partial charge is 0.321 e. The molecule has 0 heterocycles. The lowest BCUT2D eigenvalue weighted by Gasteiger charge is -2.16. The molecule has 1 aliphatic rings. The van der Waals surface area contributed by atoms with Crippen LogP contribution in [-0.4, -0.2) is 12.6 Å². The van der Waals surface area contributed by atoms with Crippen molar-refractivity contribution in [2.24, 2.45) is 5.41 Å². The molecular weight excluding hydrogens is 224 g/mol. The maximum atomic E-state index is 12.2. The zero-order chi connectivity index (χ0) is 13.2. The highest BCUT2D eigenvalue weighted by molar-refractivity contribution is 6.09. The summed E-state index contributed by atoms with van der Waals surface area (Å²) in [6, 6.07) is 10.0. The maximum absolute atomic E-state index is 12.2. The molecule has 0 fully saturated rings. The zero-order valence-corrected chi connectivity index (χ0v) is 10.9. The number of hydrogen-bond donors (Lipinski definition) is 0. The van der Waals surface area contributed by atoms with E-state index in [0.717, 1.165) is 16.7 Å². The molecule has 1 unspecified atom stereocenters. The summed E-state index contributed by atoms with van der Waals surface area (Å²) in [6.45, 7) is 8.00. The van der Waals surface area contributed by atoms with Gasteiger partial charge in [0.25, 0.3) is 0 Å². The van der Waals surface area contributed by atoms with E-state index in [4.69, 9.17) is 4.74 Å². The van der Waals surface area contributed by atoms with Crippen molar-refractivity contribution in [2.75, 3.05) is 6.61 Å². The Morgan fingerprint density at radius 1 is 1.39 bits per heavy atom. The first-order chi connectivity index (χ1) is 8.68. The number of rotatable bonds is 5. The highest BCUT2D eigenvalue weighted by Gasteiger charge is 2.57. The Hall–Kier alpha value is -1.83. The van der Waals surface area contributed by atoms with Crippen molar-refractivity contribution in [1.82, 2.24) is 0 Å². The van der Waals surface area contributed by atoms with Crippen LogP contribution in [0.5, 0.6) is 0 Å². The normalized spacial score (nSPS) is 21.7. The summed E-state index contributed by atoms with van der Waals surface area (Å²) in [7, 11) is 0. The lowest BCUT2D eigenvalue weighted by Crippen LogP contribution is -2.23. The van der Waals surface area contributed by atoms with Gasteiger partial charge in [-0.25, -0.2) is 0 Å². The molecule has 2 rings (SSSR count). The first kappa shape index (κ1) is 12.6. The molecule has 1 aromatic rings. The van der Waals surface area contributed by atoms with Gasteiger partial charge in [0.15, 0.2) is 0 Å². The molecule has 2 nitrogen and oxygen atoms in total. The summed E-state index contributed by atoms with van der Waals surface area (Å²) in [5.74, 6) is -0.152. The Morgan fingerprint density at radius 3 is 2.61 bits per heavy atom. The van der Waals surface area contributed by atoms with Crippen molar-refractivity contribution in [3.05, 3.63) is 54.1 Å². The Morgan fingerprint density at radius 2 is 2.06 bits per heavy atom. The van der Waals surface area contributed by atoms with Gasteiger partial charge in [-0.2, -0.15) is 0 Å². The van der Waals surface area contributed by atoms with E-state index >= 15 is 0 Å². The molecule has 0 amide bonds. The van der Waals surface area contributed by atoms with Gasteiger partial charge in [-0.3, -0.25) is 4.79 Å². The second-order valence-electron chi connectivity index (χ2n) is 4.48. The summed E-state index contributed by atoms with van der Waals surface area (Å²) in [4.78, 5) is 12.2. The third-order valence-electron chi connectivity index (χ3n) is 3.52. The van der Waals surface area contributed by atoms with E-state index in [1.165, 1.54) is 0 Å². The van der Waals surface area contributed by atoms with Crippen molar-refractivity contribution < 1.29 is 9.53 Å². The van der Waals surface area contributed by atoms with Crippen LogP contribution in [-0.2, 0) is 9.53 Å². The van der Waals surface area contributed by atoms with Gasteiger partial charge < -0.3 is 4.74 Å². The molecule has 1 aromatic carbocycles. The van der Waals surface area contributed by atoms with Crippen LogP contribution >= 0.6 is 0 Å². The Bertz CT molecular complexity index is 499. The molecule has 0 radical (unpaired) electrons. The van der Waals surface area contributed by atoms with Crippen LogP contribution in [0, 0.1) is 5.41 Å². The predicted octanol–water partition coefficient (Wildman–Crippen LogP) is 3.60. The van der Waals surface area contributed by atoms with Gasteiger partial charge in [-0.15, -0.1) is 6.58 Å². The van der Waals surface area contributed by atoms with Crippen molar-refractivity contribution >= 4 is 11.5 Å². The number of hydrogen-bond acceptors (Lipinski definition) is 2. The van der Waals surface area contributed by atoms with E-state index in [1.54, 1.807) is 6.08 Å². The monoisotopic (exact) mass is 242 g/mol. The van der Waals surface area contributed by atoms with Gasteiger partial charge in [-0.1, -0.05) is 36.4 Å². The van der Waals surface area contributed by atoms with E-state index in [0.29, 0.717) is 13.0 Å². The van der Waals surface area contributed by atoms with Gasteiger partial charge in [0.05, 0.1) is 6.61 Å². The quantitative estimate of drug-likeness (QED) is 0.582. The molecule has 0 saturated carbocycles. The van der Waals surface area contributed by atoms with Gasteiger partial charge in [0.1, 0.15) is 5.41 Å². The second-order valence-corrected chi connectivity index (χ2v) is 4.48. The molecular formula is C16H18O2. The van der Waals surface area contributed by atoms with Gasteiger partial charge >= 0.3 is 5.97 Å². The molecule has 0 saturated heterocycles. The van der Waals surface area contributed by atoms with Crippen molar-refractivity contribution in [3.63, 3.8) is 0 Å². The van der Waals surface area contributed by atoms with Crippen molar-refractivity contribution in [3.8, 4) is 0 Å². The molecule has 0 aliphatic heterocycles. The van der Waals surface area contributed by atoms with E-state index in [2.05, 4.69) is 6.58 Å². The standard InChI is InChI=1S/C16H18O2/c1-4-11-16(15(17)18-5-2)12(3)14(16)13-9-7-6-8-10-13/h4,6-10H,1,5,11H2,2-3H3. The summed E-state index contributed by atoms with van der Waals surface area (Å²) in [6.07, 6.45) is 2.40. The first-order valence-corrected chi connectivity index (χ1v) is 6.23. The number of carbonyl (C=O) groups is 1. The van der Waals surface area contributed by atoms with Crippen LogP contribution in [0.15, 0.2) is 48.6 Å². The Balaban J connectivity index is 2.32. The summed E-state index contributed by atoms with van der Waals surface area (Å²) < 4.78 is 5.22. The zero-order valence-electron chi connectivity index (χ0n) is 10.9. The fourth-order valence-corrected chi connectivity index (χ4v) is 2.59. The van der Waals surface area contributed by atoms with E-state index in [9.17, 15) is 4.79 Å². The number of allylic oxidation sites excluding steroid dienone is 1. The molecule has 0 bridgehead atoms. The lowest BCUT2D eigenvalue weighted by atomic mass is 9.91. The topological polar surface area (TPSA) is 26.3 Å². The average molecular weight is 242 g/mol. The number of benzene rings is 1. The largest absolute Gasteiger partial charge is 0.465 e. The van der Waals surface area contributed by atoms with Crippen LogP contribution in [0.4, 0.5) is 0 Å². The minimum Gasteiger partial charge on any atom is -0.465 e. The molecule has 0 aromatic heterocycles. The molecule has 0 spiro atoms. The Kier molecular flexibility index (Phi) is 3.37. The van der Waals surface area contributed by atoms with Crippen LogP contribution in [0.1, 0.15) is 25.8 Å². The molecule has 0 N–H and O–H groups in total.